The molecule has 1 unspecified atom stereocenters. The molecule has 1 aromatic heterocycles. The second kappa shape index (κ2) is 9.11. The van der Waals surface area contributed by atoms with Crippen molar-refractivity contribution >= 4 is 22.9 Å². The fourth-order valence-corrected chi connectivity index (χ4v) is 4.13. The number of rotatable bonds is 7. The minimum atomic E-state index is -0.103. The van der Waals surface area contributed by atoms with Crippen LogP contribution < -0.4 is 20.1 Å². The number of carbonyl (C=O) groups is 1. The van der Waals surface area contributed by atoms with E-state index in [1.807, 2.05) is 18.2 Å². The third-order valence-electron chi connectivity index (χ3n) is 4.84. The van der Waals surface area contributed by atoms with Crippen LogP contribution >= 0.6 is 11.3 Å². The van der Waals surface area contributed by atoms with E-state index >= 15 is 0 Å². The second-order valence-electron chi connectivity index (χ2n) is 6.83. The van der Waals surface area contributed by atoms with E-state index in [4.69, 9.17) is 9.47 Å². The molecule has 3 aromatic rings. The molecular weight excluding hydrogens is 384 g/mol. The molecule has 29 heavy (non-hydrogen) atoms. The van der Waals surface area contributed by atoms with Gasteiger partial charge in [-0.05, 0) is 41.1 Å². The SMILES string of the molecule is CCc1ccc(C(NCC(=O)Nc2ccc3c(c2)OCCO3)c2cccs2)cc1. The topological polar surface area (TPSA) is 59.6 Å². The van der Waals surface area contributed by atoms with Crippen molar-refractivity contribution in [3.05, 3.63) is 76.0 Å². The van der Waals surface area contributed by atoms with Crippen molar-refractivity contribution in [1.29, 1.82) is 0 Å². The van der Waals surface area contributed by atoms with Gasteiger partial charge in [0.15, 0.2) is 11.5 Å². The molecule has 5 nitrogen and oxygen atoms in total. The predicted octanol–water partition coefficient (Wildman–Crippen LogP) is 4.40. The molecule has 0 saturated carbocycles. The molecule has 2 N–H and O–H groups in total. The maximum absolute atomic E-state index is 12.5. The van der Waals surface area contributed by atoms with E-state index < -0.39 is 0 Å². The zero-order chi connectivity index (χ0) is 20.1. The third kappa shape index (κ3) is 4.78. The Morgan fingerprint density at radius 2 is 1.86 bits per heavy atom. The highest BCUT2D eigenvalue weighted by Gasteiger charge is 2.17. The van der Waals surface area contributed by atoms with Gasteiger partial charge in [-0.25, -0.2) is 0 Å². The first-order valence-corrected chi connectivity index (χ1v) is 10.7. The van der Waals surface area contributed by atoms with E-state index in [-0.39, 0.29) is 18.5 Å². The van der Waals surface area contributed by atoms with Crippen molar-refractivity contribution in [2.75, 3.05) is 25.1 Å². The van der Waals surface area contributed by atoms with E-state index in [1.165, 1.54) is 10.4 Å². The summed E-state index contributed by atoms with van der Waals surface area (Å²) in [4.78, 5) is 13.7. The zero-order valence-corrected chi connectivity index (χ0v) is 17.1. The Bertz CT molecular complexity index is 955. The average Bonchev–Trinajstić information content (AvgIpc) is 3.29. The number of thiophene rings is 1. The van der Waals surface area contributed by atoms with Crippen molar-refractivity contribution in [3.8, 4) is 11.5 Å². The number of hydrogen-bond acceptors (Lipinski definition) is 5. The number of fused-ring (bicyclic) bond motifs is 1. The van der Waals surface area contributed by atoms with Crippen molar-refractivity contribution in [2.24, 2.45) is 0 Å². The molecule has 4 rings (SSSR count). The number of amides is 1. The standard InChI is InChI=1S/C23H24N2O3S/c1-2-16-5-7-17(8-6-16)23(21-4-3-13-29-21)24-15-22(26)25-18-9-10-19-20(14-18)28-12-11-27-19/h3-10,13-14,23-24H,2,11-12,15H2,1H3,(H,25,26). The van der Waals surface area contributed by atoms with Gasteiger partial charge in [0.1, 0.15) is 13.2 Å². The lowest BCUT2D eigenvalue weighted by Crippen LogP contribution is -2.31. The van der Waals surface area contributed by atoms with Crippen LogP contribution in [0.15, 0.2) is 60.0 Å². The molecule has 1 atom stereocenters. The van der Waals surface area contributed by atoms with Gasteiger partial charge in [0.2, 0.25) is 5.91 Å². The van der Waals surface area contributed by atoms with E-state index in [9.17, 15) is 4.79 Å². The van der Waals surface area contributed by atoms with Gasteiger partial charge in [0.05, 0.1) is 12.6 Å². The number of aryl methyl sites for hydroxylation is 1. The lowest BCUT2D eigenvalue weighted by Gasteiger charge is -2.20. The van der Waals surface area contributed by atoms with Gasteiger partial charge < -0.3 is 14.8 Å². The minimum Gasteiger partial charge on any atom is -0.486 e. The van der Waals surface area contributed by atoms with E-state index in [0.717, 1.165) is 12.0 Å². The predicted molar refractivity (Wildman–Crippen MR) is 116 cm³/mol. The van der Waals surface area contributed by atoms with Crippen molar-refractivity contribution < 1.29 is 14.3 Å². The lowest BCUT2D eigenvalue weighted by atomic mass is 10.0. The van der Waals surface area contributed by atoms with Gasteiger partial charge >= 0.3 is 0 Å². The first-order chi connectivity index (χ1) is 14.2. The summed E-state index contributed by atoms with van der Waals surface area (Å²) in [6, 6.07) is 18.1. The molecule has 0 aliphatic carbocycles. The summed E-state index contributed by atoms with van der Waals surface area (Å²) >= 11 is 1.68. The van der Waals surface area contributed by atoms with E-state index in [0.29, 0.717) is 30.4 Å². The molecule has 0 bridgehead atoms. The maximum Gasteiger partial charge on any atom is 0.238 e. The number of nitrogens with one attached hydrogen (secondary N) is 2. The van der Waals surface area contributed by atoms with Crippen LogP contribution in [0.4, 0.5) is 5.69 Å². The van der Waals surface area contributed by atoms with Crippen LogP contribution in [0.1, 0.15) is 29.0 Å². The number of benzene rings is 2. The molecular formula is C23H24N2O3S. The van der Waals surface area contributed by atoms with Crippen molar-refractivity contribution in [1.82, 2.24) is 5.32 Å². The van der Waals surface area contributed by atoms with Gasteiger partial charge in [-0.1, -0.05) is 37.3 Å². The molecule has 2 heterocycles. The first-order valence-electron chi connectivity index (χ1n) is 9.78. The molecule has 150 valence electrons. The molecule has 6 heteroatoms. The Kier molecular flexibility index (Phi) is 6.12. The quantitative estimate of drug-likeness (QED) is 0.608. The van der Waals surface area contributed by atoms with Crippen LogP contribution in [-0.2, 0) is 11.2 Å². The van der Waals surface area contributed by atoms with Gasteiger partial charge in [0, 0.05) is 16.6 Å². The Morgan fingerprint density at radius 3 is 2.59 bits per heavy atom. The van der Waals surface area contributed by atoms with Crippen LogP contribution in [0.2, 0.25) is 0 Å². The molecule has 1 amide bonds. The van der Waals surface area contributed by atoms with Gasteiger partial charge in [-0.2, -0.15) is 0 Å². The fourth-order valence-electron chi connectivity index (χ4n) is 3.31. The molecule has 0 fully saturated rings. The summed E-state index contributed by atoms with van der Waals surface area (Å²) in [5, 5.41) is 8.38. The van der Waals surface area contributed by atoms with Gasteiger partial charge in [-0.15, -0.1) is 11.3 Å². The molecule has 1 aliphatic rings. The maximum atomic E-state index is 12.5. The number of ether oxygens (including phenoxy) is 2. The Labute approximate surface area is 174 Å². The van der Waals surface area contributed by atoms with Crippen molar-refractivity contribution in [3.63, 3.8) is 0 Å². The summed E-state index contributed by atoms with van der Waals surface area (Å²) in [7, 11) is 0. The second-order valence-corrected chi connectivity index (χ2v) is 7.81. The van der Waals surface area contributed by atoms with Crippen molar-refractivity contribution in [2.45, 2.75) is 19.4 Å². The van der Waals surface area contributed by atoms with Crippen LogP contribution in [0, 0.1) is 0 Å². The highest BCUT2D eigenvalue weighted by Crippen LogP contribution is 2.32. The van der Waals surface area contributed by atoms with Crippen LogP contribution in [0.25, 0.3) is 0 Å². The summed E-state index contributed by atoms with van der Waals surface area (Å²) in [6.07, 6.45) is 1.01. The summed E-state index contributed by atoms with van der Waals surface area (Å²) in [5.41, 5.74) is 3.15. The Morgan fingerprint density at radius 1 is 1.07 bits per heavy atom. The highest BCUT2D eigenvalue weighted by molar-refractivity contribution is 7.10. The zero-order valence-electron chi connectivity index (χ0n) is 16.3. The van der Waals surface area contributed by atoms with E-state index in [2.05, 4.69) is 53.3 Å². The van der Waals surface area contributed by atoms with E-state index in [1.54, 1.807) is 17.4 Å². The normalized spacial score (nSPS) is 13.7. The monoisotopic (exact) mass is 408 g/mol. The van der Waals surface area contributed by atoms with Crippen LogP contribution in [0.5, 0.6) is 11.5 Å². The number of anilines is 1. The molecule has 2 aromatic carbocycles. The summed E-state index contributed by atoms with van der Waals surface area (Å²) in [5.74, 6) is 1.27. The van der Waals surface area contributed by atoms with Crippen LogP contribution in [0.3, 0.4) is 0 Å². The third-order valence-corrected chi connectivity index (χ3v) is 5.78. The number of hydrogen-bond donors (Lipinski definition) is 2. The summed E-state index contributed by atoms with van der Waals surface area (Å²) in [6.45, 7) is 3.41. The highest BCUT2D eigenvalue weighted by atomic mass is 32.1. The van der Waals surface area contributed by atoms with Crippen LogP contribution in [-0.4, -0.2) is 25.7 Å². The Balaban J connectivity index is 1.42. The largest absolute Gasteiger partial charge is 0.486 e. The molecule has 0 radical (unpaired) electrons. The Hall–Kier alpha value is -2.83. The summed E-state index contributed by atoms with van der Waals surface area (Å²) < 4.78 is 11.1. The minimum absolute atomic E-state index is 0.0214. The number of carbonyl (C=O) groups excluding carboxylic acids is 1. The van der Waals surface area contributed by atoms with Gasteiger partial charge in [0.25, 0.3) is 0 Å². The first kappa shape index (κ1) is 19.5. The van der Waals surface area contributed by atoms with Gasteiger partial charge in [-0.3, -0.25) is 10.1 Å². The fraction of sp³-hybridized carbons (Fsp3) is 0.261. The molecule has 1 aliphatic heterocycles. The average molecular weight is 409 g/mol. The smallest absolute Gasteiger partial charge is 0.238 e. The molecule has 0 spiro atoms. The lowest BCUT2D eigenvalue weighted by molar-refractivity contribution is -0.115. The molecule has 0 saturated heterocycles.